The standard InChI is InChI=1S/C10H8FNO3/c1-15-10(14)8-5-7(3-2-4-13)6-12-9(8)11/h5-6,13H,4H2,1H3. The van der Waals surface area contributed by atoms with Crippen molar-refractivity contribution in [2.75, 3.05) is 13.7 Å². The third-order valence-corrected chi connectivity index (χ3v) is 1.56. The largest absolute Gasteiger partial charge is 0.465 e. The SMILES string of the molecule is COC(=O)c1cc(C#CCO)cnc1F. The van der Waals surface area contributed by atoms with E-state index < -0.39 is 11.9 Å². The Morgan fingerprint density at radius 1 is 1.73 bits per heavy atom. The number of aliphatic hydroxyl groups excluding tert-OH is 1. The van der Waals surface area contributed by atoms with Gasteiger partial charge in [0, 0.05) is 11.8 Å². The lowest BCUT2D eigenvalue weighted by Gasteiger charge is -2.00. The number of aromatic nitrogens is 1. The fraction of sp³-hybridized carbons (Fsp3) is 0.200. The number of nitrogens with zero attached hydrogens (tertiary/aromatic N) is 1. The monoisotopic (exact) mass is 209 g/mol. The number of pyridine rings is 1. The Kier molecular flexibility index (Phi) is 3.77. The summed E-state index contributed by atoms with van der Waals surface area (Å²) >= 11 is 0. The molecule has 0 saturated carbocycles. The lowest BCUT2D eigenvalue weighted by atomic mass is 10.2. The maximum atomic E-state index is 13.0. The first-order valence-corrected chi connectivity index (χ1v) is 4.02. The highest BCUT2D eigenvalue weighted by Crippen LogP contribution is 2.08. The van der Waals surface area contributed by atoms with Gasteiger partial charge in [0.2, 0.25) is 5.95 Å². The van der Waals surface area contributed by atoms with Crippen LogP contribution in [-0.2, 0) is 4.74 Å². The second-order valence-corrected chi connectivity index (χ2v) is 2.51. The van der Waals surface area contributed by atoms with E-state index in [-0.39, 0.29) is 12.2 Å². The molecule has 0 spiro atoms. The van der Waals surface area contributed by atoms with E-state index in [2.05, 4.69) is 21.6 Å². The van der Waals surface area contributed by atoms with Gasteiger partial charge in [-0.05, 0) is 6.07 Å². The van der Waals surface area contributed by atoms with E-state index in [9.17, 15) is 9.18 Å². The minimum absolute atomic E-state index is 0.276. The van der Waals surface area contributed by atoms with E-state index in [1.807, 2.05) is 0 Å². The van der Waals surface area contributed by atoms with Crippen LogP contribution < -0.4 is 0 Å². The second-order valence-electron chi connectivity index (χ2n) is 2.51. The predicted octanol–water partition coefficient (Wildman–Crippen LogP) is 0.351. The van der Waals surface area contributed by atoms with Crippen molar-refractivity contribution in [1.29, 1.82) is 0 Å². The molecular formula is C10H8FNO3. The van der Waals surface area contributed by atoms with Crippen molar-refractivity contribution >= 4 is 5.97 Å². The number of carbonyl (C=O) groups is 1. The number of esters is 1. The van der Waals surface area contributed by atoms with Gasteiger partial charge in [0.15, 0.2) is 0 Å². The van der Waals surface area contributed by atoms with Crippen LogP contribution in [0.5, 0.6) is 0 Å². The molecule has 1 aromatic heterocycles. The van der Waals surface area contributed by atoms with Crippen LogP contribution in [-0.4, -0.2) is 29.8 Å². The molecule has 15 heavy (non-hydrogen) atoms. The molecule has 0 unspecified atom stereocenters. The summed E-state index contributed by atoms with van der Waals surface area (Å²) in [6, 6.07) is 1.22. The first-order chi connectivity index (χ1) is 7.19. The van der Waals surface area contributed by atoms with Gasteiger partial charge < -0.3 is 9.84 Å². The number of carbonyl (C=O) groups excluding carboxylic acids is 1. The molecule has 0 aromatic carbocycles. The van der Waals surface area contributed by atoms with Crippen LogP contribution in [0.25, 0.3) is 0 Å². The predicted molar refractivity (Wildman–Crippen MR) is 49.5 cm³/mol. The molecule has 1 N–H and O–H groups in total. The van der Waals surface area contributed by atoms with Gasteiger partial charge in [-0.3, -0.25) is 0 Å². The second kappa shape index (κ2) is 5.08. The van der Waals surface area contributed by atoms with E-state index in [1.165, 1.54) is 12.3 Å². The lowest BCUT2D eigenvalue weighted by Crippen LogP contribution is -2.06. The van der Waals surface area contributed by atoms with Gasteiger partial charge in [-0.15, -0.1) is 0 Å². The Labute approximate surface area is 85.7 Å². The molecule has 1 heterocycles. The molecule has 0 aliphatic rings. The topological polar surface area (TPSA) is 59.4 Å². The molecule has 0 atom stereocenters. The maximum absolute atomic E-state index is 13.0. The smallest absolute Gasteiger partial charge is 0.342 e. The van der Waals surface area contributed by atoms with Crippen LogP contribution in [0.1, 0.15) is 15.9 Å². The molecule has 1 rings (SSSR count). The van der Waals surface area contributed by atoms with Crippen molar-refractivity contribution in [1.82, 2.24) is 4.98 Å². The van der Waals surface area contributed by atoms with Crippen LogP contribution in [0, 0.1) is 17.8 Å². The molecule has 0 bridgehead atoms. The van der Waals surface area contributed by atoms with Crippen LogP contribution >= 0.6 is 0 Å². The normalized spacial score (nSPS) is 9.00. The van der Waals surface area contributed by atoms with E-state index in [0.29, 0.717) is 5.56 Å². The molecule has 0 amide bonds. The molecule has 0 fully saturated rings. The number of hydrogen-bond acceptors (Lipinski definition) is 4. The van der Waals surface area contributed by atoms with Crippen LogP contribution in [0.3, 0.4) is 0 Å². The maximum Gasteiger partial charge on any atom is 0.342 e. The van der Waals surface area contributed by atoms with Gasteiger partial charge in [0.05, 0.1) is 7.11 Å². The number of methoxy groups -OCH3 is 1. The fourth-order valence-electron chi connectivity index (χ4n) is 0.911. The van der Waals surface area contributed by atoms with Crippen LogP contribution in [0.4, 0.5) is 4.39 Å². The van der Waals surface area contributed by atoms with E-state index in [4.69, 9.17) is 5.11 Å². The van der Waals surface area contributed by atoms with Gasteiger partial charge in [0.1, 0.15) is 12.2 Å². The minimum atomic E-state index is -0.906. The Morgan fingerprint density at radius 2 is 2.47 bits per heavy atom. The molecule has 1 aromatic rings. The summed E-state index contributed by atoms with van der Waals surface area (Å²) in [6.45, 7) is -0.315. The zero-order valence-electron chi connectivity index (χ0n) is 7.95. The minimum Gasteiger partial charge on any atom is -0.465 e. The number of halogens is 1. The van der Waals surface area contributed by atoms with E-state index >= 15 is 0 Å². The summed E-state index contributed by atoms with van der Waals surface area (Å²) in [4.78, 5) is 14.4. The molecule has 5 heteroatoms. The number of hydrogen-bond donors (Lipinski definition) is 1. The van der Waals surface area contributed by atoms with Gasteiger partial charge >= 0.3 is 5.97 Å². The van der Waals surface area contributed by atoms with E-state index in [0.717, 1.165) is 7.11 Å². The highest BCUT2D eigenvalue weighted by atomic mass is 19.1. The molecule has 0 aliphatic carbocycles. The summed E-state index contributed by atoms with van der Waals surface area (Å²) in [5, 5.41) is 8.45. The first-order valence-electron chi connectivity index (χ1n) is 4.02. The van der Waals surface area contributed by atoms with E-state index in [1.54, 1.807) is 0 Å². The highest BCUT2D eigenvalue weighted by Gasteiger charge is 2.13. The third-order valence-electron chi connectivity index (χ3n) is 1.56. The number of ether oxygens (including phenoxy) is 1. The molecule has 0 radical (unpaired) electrons. The molecule has 0 aliphatic heterocycles. The Morgan fingerprint density at radius 3 is 3.07 bits per heavy atom. The van der Waals surface area contributed by atoms with Crippen LogP contribution in [0.2, 0.25) is 0 Å². The summed E-state index contributed by atoms with van der Waals surface area (Å²) in [7, 11) is 1.15. The van der Waals surface area contributed by atoms with Crippen molar-refractivity contribution in [2.45, 2.75) is 0 Å². The van der Waals surface area contributed by atoms with Crippen molar-refractivity contribution in [3.63, 3.8) is 0 Å². The van der Waals surface area contributed by atoms with Crippen molar-refractivity contribution in [3.05, 3.63) is 29.3 Å². The molecular weight excluding hydrogens is 201 g/mol. The first kappa shape index (κ1) is 11.1. The van der Waals surface area contributed by atoms with Gasteiger partial charge in [-0.2, -0.15) is 4.39 Å². The Hall–Kier alpha value is -1.93. The number of aliphatic hydroxyl groups is 1. The van der Waals surface area contributed by atoms with Crippen LogP contribution in [0.15, 0.2) is 12.3 Å². The van der Waals surface area contributed by atoms with Crippen molar-refractivity contribution in [2.24, 2.45) is 0 Å². The molecule has 4 nitrogen and oxygen atoms in total. The summed E-state index contributed by atoms with van der Waals surface area (Å²) in [6.07, 6.45) is 1.17. The Balaban J connectivity index is 3.10. The average molecular weight is 209 g/mol. The lowest BCUT2D eigenvalue weighted by molar-refractivity contribution is 0.0594. The summed E-state index contributed by atoms with van der Waals surface area (Å²) in [5.74, 6) is 3.14. The Bertz CT molecular complexity index is 434. The zero-order valence-corrected chi connectivity index (χ0v) is 7.95. The molecule has 78 valence electrons. The van der Waals surface area contributed by atoms with Gasteiger partial charge in [-0.1, -0.05) is 11.8 Å². The van der Waals surface area contributed by atoms with Gasteiger partial charge in [-0.25, -0.2) is 9.78 Å². The summed E-state index contributed by atoms with van der Waals surface area (Å²) < 4.78 is 17.4. The average Bonchev–Trinajstić information content (AvgIpc) is 2.27. The fourth-order valence-corrected chi connectivity index (χ4v) is 0.911. The third kappa shape index (κ3) is 2.76. The van der Waals surface area contributed by atoms with Crippen molar-refractivity contribution < 1.29 is 19.0 Å². The highest BCUT2D eigenvalue weighted by molar-refractivity contribution is 5.89. The van der Waals surface area contributed by atoms with Crippen molar-refractivity contribution in [3.8, 4) is 11.8 Å². The van der Waals surface area contributed by atoms with Gasteiger partial charge in [0.25, 0.3) is 0 Å². The zero-order chi connectivity index (χ0) is 11.3. The quantitative estimate of drug-likeness (QED) is 0.412. The summed E-state index contributed by atoms with van der Waals surface area (Å²) in [5.41, 5.74) is 0.0630. The molecule has 0 saturated heterocycles. The number of rotatable bonds is 1.